The van der Waals surface area contributed by atoms with Gasteiger partial charge in [0.2, 0.25) is 10.0 Å². The second kappa shape index (κ2) is 6.54. The number of halogens is 1. The van der Waals surface area contributed by atoms with Crippen molar-refractivity contribution >= 4 is 26.5 Å². The molecule has 124 valence electrons. The molecule has 0 bridgehead atoms. The number of hydrogen-bond donors (Lipinski definition) is 1. The maximum atomic E-state index is 12.9. The third kappa shape index (κ3) is 3.88. The van der Waals surface area contributed by atoms with E-state index < -0.39 is 15.8 Å². The largest absolute Gasteiger partial charge is 0.348 e. The van der Waals surface area contributed by atoms with Crippen LogP contribution < -0.4 is 9.62 Å². The van der Waals surface area contributed by atoms with Gasteiger partial charge in [-0.15, -0.1) is 11.3 Å². The Balaban J connectivity index is 1.61. The molecule has 8 heteroatoms. The SMILES string of the molecule is Cc1cnc(N2CCC(NS(=O)(=O)c3ccc(F)cc3)CC2)s1. The normalized spacial score (nSPS) is 16.7. The summed E-state index contributed by atoms with van der Waals surface area (Å²) in [7, 11) is -3.60. The zero-order chi connectivity index (χ0) is 16.4. The Kier molecular flexibility index (Phi) is 4.65. The molecule has 0 radical (unpaired) electrons. The molecule has 0 aliphatic carbocycles. The van der Waals surface area contributed by atoms with Crippen LogP contribution in [0.3, 0.4) is 0 Å². The van der Waals surface area contributed by atoms with Crippen LogP contribution in [0.2, 0.25) is 0 Å². The average molecular weight is 355 g/mol. The monoisotopic (exact) mass is 355 g/mol. The van der Waals surface area contributed by atoms with E-state index in [1.54, 1.807) is 11.3 Å². The number of rotatable bonds is 4. The van der Waals surface area contributed by atoms with Crippen LogP contribution in [0.15, 0.2) is 35.4 Å². The fraction of sp³-hybridized carbons (Fsp3) is 0.400. The summed E-state index contributed by atoms with van der Waals surface area (Å²) in [5.74, 6) is -0.448. The summed E-state index contributed by atoms with van der Waals surface area (Å²) < 4.78 is 40.2. The van der Waals surface area contributed by atoms with E-state index in [1.165, 1.54) is 17.0 Å². The highest BCUT2D eigenvalue weighted by atomic mass is 32.2. The zero-order valence-corrected chi connectivity index (χ0v) is 14.3. The number of nitrogens with one attached hydrogen (secondary N) is 1. The minimum Gasteiger partial charge on any atom is -0.348 e. The van der Waals surface area contributed by atoms with Crippen LogP contribution in [0.1, 0.15) is 17.7 Å². The topological polar surface area (TPSA) is 62.3 Å². The Bertz CT molecular complexity index is 766. The first-order valence-electron chi connectivity index (χ1n) is 7.39. The molecule has 1 N–H and O–H groups in total. The van der Waals surface area contributed by atoms with Crippen LogP contribution in [0.25, 0.3) is 0 Å². The summed E-state index contributed by atoms with van der Waals surface area (Å²) in [6.07, 6.45) is 3.29. The van der Waals surface area contributed by atoms with Crippen LogP contribution in [0.4, 0.5) is 9.52 Å². The van der Waals surface area contributed by atoms with Gasteiger partial charge in [0.25, 0.3) is 0 Å². The lowest BCUT2D eigenvalue weighted by Crippen LogP contribution is -2.44. The number of aromatic nitrogens is 1. The van der Waals surface area contributed by atoms with Gasteiger partial charge in [0.1, 0.15) is 5.82 Å². The van der Waals surface area contributed by atoms with Crippen molar-refractivity contribution in [2.45, 2.75) is 30.7 Å². The molecule has 1 aromatic carbocycles. The summed E-state index contributed by atoms with van der Waals surface area (Å²) in [6.45, 7) is 3.55. The molecule has 1 saturated heterocycles. The van der Waals surface area contributed by atoms with Crippen LogP contribution in [-0.2, 0) is 10.0 Å². The van der Waals surface area contributed by atoms with E-state index in [0.717, 1.165) is 43.2 Å². The Morgan fingerprint density at radius 3 is 2.48 bits per heavy atom. The second-order valence-electron chi connectivity index (χ2n) is 5.59. The molecule has 0 spiro atoms. The highest BCUT2D eigenvalue weighted by molar-refractivity contribution is 7.89. The Morgan fingerprint density at radius 1 is 1.26 bits per heavy atom. The third-order valence-corrected chi connectivity index (χ3v) is 6.33. The van der Waals surface area contributed by atoms with Crippen molar-refractivity contribution < 1.29 is 12.8 Å². The summed E-state index contributed by atoms with van der Waals surface area (Å²) in [5, 5.41) is 0.988. The Labute approximate surface area is 139 Å². The molecular formula is C15H18FN3O2S2. The fourth-order valence-corrected chi connectivity index (χ4v) is 4.69. The van der Waals surface area contributed by atoms with E-state index in [1.807, 2.05) is 13.1 Å². The highest BCUT2D eigenvalue weighted by Gasteiger charge is 2.25. The van der Waals surface area contributed by atoms with E-state index >= 15 is 0 Å². The van der Waals surface area contributed by atoms with Gasteiger partial charge in [0, 0.05) is 30.2 Å². The van der Waals surface area contributed by atoms with E-state index in [-0.39, 0.29) is 10.9 Å². The Hall–Kier alpha value is -1.51. The van der Waals surface area contributed by atoms with E-state index in [0.29, 0.717) is 0 Å². The maximum Gasteiger partial charge on any atom is 0.240 e. The number of benzene rings is 1. The molecule has 0 amide bonds. The number of hydrogen-bond acceptors (Lipinski definition) is 5. The molecule has 1 fully saturated rings. The Morgan fingerprint density at radius 2 is 1.91 bits per heavy atom. The molecule has 1 aliphatic rings. The molecule has 5 nitrogen and oxygen atoms in total. The molecular weight excluding hydrogens is 337 g/mol. The van der Waals surface area contributed by atoms with Gasteiger partial charge in [-0.05, 0) is 44.0 Å². The summed E-state index contributed by atoms with van der Waals surface area (Å²) in [6, 6.07) is 4.77. The van der Waals surface area contributed by atoms with Gasteiger partial charge in [0.15, 0.2) is 5.13 Å². The predicted octanol–water partition coefficient (Wildman–Crippen LogP) is 2.54. The first-order chi connectivity index (χ1) is 10.9. The third-order valence-electron chi connectivity index (χ3n) is 3.82. The van der Waals surface area contributed by atoms with E-state index in [9.17, 15) is 12.8 Å². The van der Waals surface area contributed by atoms with E-state index in [4.69, 9.17) is 0 Å². The molecule has 0 unspecified atom stereocenters. The standard InChI is InChI=1S/C15H18FN3O2S2/c1-11-10-17-15(22-11)19-8-6-13(7-9-19)18-23(20,21)14-4-2-12(16)3-5-14/h2-5,10,13,18H,6-9H2,1H3. The number of thiazole rings is 1. The fourth-order valence-electron chi connectivity index (χ4n) is 2.58. The number of piperidine rings is 1. The van der Waals surface area contributed by atoms with Crippen molar-refractivity contribution in [1.82, 2.24) is 9.71 Å². The highest BCUT2D eigenvalue weighted by Crippen LogP contribution is 2.25. The number of anilines is 1. The average Bonchev–Trinajstić information content (AvgIpc) is 2.95. The lowest BCUT2D eigenvalue weighted by molar-refractivity contribution is 0.460. The van der Waals surface area contributed by atoms with E-state index in [2.05, 4.69) is 14.6 Å². The first kappa shape index (κ1) is 16.4. The van der Waals surface area contributed by atoms with Crippen molar-refractivity contribution in [2.24, 2.45) is 0 Å². The van der Waals surface area contributed by atoms with Gasteiger partial charge in [-0.3, -0.25) is 0 Å². The predicted molar refractivity (Wildman–Crippen MR) is 88.8 cm³/mol. The van der Waals surface area contributed by atoms with Crippen molar-refractivity contribution in [2.75, 3.05) is 18.0 Å². The van der Waals surface area contributed by atoms with Gasteiger partial charge < -0.3 is 4.90 Å². The molecule has 0 saturated carbocycles. The molecule has 2 aromatic rings. The molecule has 3 rings (SSSR count). The van der Waals surface area contributed by atoms with Crippen molar-refractivity contribution in [3.05, 3.63) is 41.2 Å². The number of aryl methyl sites for hydroxylation is 1. The summed E-state index contributed by atoms with van der Waals surface area (Å²) in [4.78, 5) is 7.81. The lowest BCUT2D eigenvalue weighted by atomic mass is 10.1. The molecule has 23 heavy (non-hydrogen) atoms. The van der Waals surface area contributed by atoms with Crippen LogP contribution in [0.5, 0.6) is 0 Å². The molecule has 1 aromatic heterocycles. The minimum atomic E-state index is -3.60. The van der Waals surface area contributed by atoms with Crippen molar-refractivity contribution in [3.63, 3.8) is 0 Å². The van der Waals surface area contributed by atoms with Crippen LogP contribution >= 0.6 is 11.3 Å². The molecule has 0 atom stereocenters. The zero-order valence-electron chi connectivity index (χ0n) is 12.7. The quantitative estimate of drug-likeness (QED) is 0.915. The molecule has 2 heterocycles. The molecule has 1 aliphatic heterocycles. The van der Waals surface area contributed by atoms with Gasteiger partial charge in [-0.2, -0.15) is 0 Å². The second-order valence-corrected chi connectivity index (χ2v) is 8.52. The first-order valence-corrected chi connectivity index (χ1v) is 9.69. The minimum absolute atomic E-state index is 0.0943. The van der Waals surface area contributed by atoms with Crippen molar-refractivity contribution in [3.8, 4) is 0 Å². The number of nitrogens with zero attached hydrogens (tertiary/aromatic N) is 2. The van der Waals surface area contributed by atoms with Crippen LogP contribution in [0, 0.1) is 12.7 Å². The summed E-state index contributed by atoms with van der Waals surface area (Å²) >= 11 is 1.65. The van der Waals surface area contributed by atoms with Gasteiger partial charge >= 0.3 is 0 Å². The van der Waals surface area contributed by atoms with Crippen LogP contribution in [-0.4, -0.2) is 32.5 Å². The maximum absolute atomic E-state index is 12.9. The number of sulfonamides is 1. The lowest BCUT2D eigenvalue weighted by Gasteiger charge is -2.31. The van der Waals surface area contributed by atoms with Gasteiger partial charge in [-0.1, -0.05) is 0 Å². The van der Waals surface area contributed by atoms with Gasteiger partial charge in [-0.25, -0.2) is 22.5 Å². The summed E-state index contributed by atoms with van der Waals surface area (Å²) in [5.41, 5.74) is 0. The smallest absolute Gasteiger partial charge is 0.240 e. The van der Waals surface area contributed by atoms with Gasteiger partial charge in [0.05, 0.1) is 4.90 Å². The van der Waals surface area contributed by atoms with Crippen molar-refractivity contribution in [1.29, 1.82) is 0 Å².